The highest BCUT2D eigenvalue weighted by Crippen LogP contribution is 2.48. The molecule has 0 saturated carbocycles. The van der Waals surface area contributed by atoms with Gasteiger partial charge >= 0.3 is 0 Å². The van der Waals surface area contributed by atoms with E-state index in [0.717, 1.165) is 0 Å². The zero-order chi connectivity index (χ0) is 22.1. The molecule has 4 rings (SSSR count). The Bertz CT molecular complexity index is 1090. The number of phenols is 1. The van der Waals surface area contributed by atoms with Gasteiger partial charge < -0.3 is 20.8 Å². The van der Waals surface area contributed by atoms with Crippen LogP contribution in [-0.4, -0.2) is 16.1 Å². The van der Waals surface area contributed by atoms with Gasteiger partial charge in [-0.1, -0.05) is 18.2 Å². The van der Waals surface area contributed by atoms with Gasteiger partial charge in [-0.2, -0.15) is 0 Å². The van der Waals surface area contributed by atoms with Crippen LogP contribution in [0.2, 0.25) is 0 Å². The number of amides is 1. The van der Waals surface area contributed by atoms with Crippen LogP contribution >= 0.6 is 0 Å². The van der Waals surface area contributed by atoms with E-state index >= 15 is 0 Å². The fraction of sp³-hybridized carbons (Fsp3) is 0.208. The Kier molecular flexibility index (Phi) is 5.61. The second-order valence-electron chi connectivity index (χ2n) is 7.70. The molecule has 0 aromatic heterocycles. The Morgan fingerprint density at radius 3 is 2.19 bits per heavy atom. The molecule has 3 aromatic rings. The Balaban J connectivity index is 1.59. The van der Waals surface area contributed by atoms with Crippen LogP contribution in [0, 0.1) is 17.6 Å². The number of aliphatic hydroxyl groups excluding tert-OH is 1. The van der Waals surface area contributed by atoms with Crippen LogP contribution in [-0.2, 0) is 4.79 Å². The third-order valence-corrected chi connectivity index (χ3v) is 5.70. The number of benzene rings is 3. The number of anilines is 2. The summed E-state index contributed by atoms with van der Waals surface area (Å²) in [5.41, 5.74) is 7.74. The first-order valence-electron chi connectivity index (χ1n) is 9.95. The third kappa shape index (κ3) is 4.09. The van der Waals surface area contributed by atoms with Crippen LogP contribution < -0.4 is 10.6 Å². The van der Waals surface area contributed by atoms with Crippen molar-refractivity contribution in [3.8, 4) is 5.75 Å². The summed E-state index contributed by atoms with van der Waals surface area (Å²) in [6, 6.07) is 15.4. The molecule has 1 saturated heterocycles. The monoisotopic (exact) mass is 424 g/mol. The van der Waals surface area contributed by atoms with Crippen LogP contribution in [0.25, 0.3) is 0 Å². The topological polar surface area (TPSA) is 86.8 Å². The number of rotatable bonds is 6. The van der Waals surface area contributed by atoms with Gasteiger partial charge in [0, 0.05) is 23.0 Å². The smallest absolute Gasteiger partial charge is 0.233 e. The van der Waals surface area contributed by atoms with Crippen molar-refractivity contribution in [1.29, 1.82) is 0 Å². The molecule has 1 fully saturated rings. The molecule has 0 bridgehead atoms. The normalized spacial score (nSPS) is 19.2. The highest BCUT2D eigenvalue weighted by molar-refractivity contribution is 6.03. The standard InChI is InChI=1S/C24H22F2N2O3/c25-15-3-1-14(2-4-15)21(29)12-11-20-23(19-10-7-17(27)13-22(19)30)28(24(20)31)18-8-5-16(26)6-9-18/h1-10,13,20-21,23,29-30H,11-12,27H2. The number of hydrogen-bond donors (Lipinski definition) is 3. The molecular formula is C24H22F2N2O3. The van der Waals surface area contributed by atoms with Crippen molar-refractivity contribution in [1.82, 2.24) is 0 Å². The van der Waals surface area contributed by atoms with Gasteiger partial charge in [0.15, 0.2) is 0 Å². The molecule has 1 heterocycles. The fourth-order valence-electron chi connectivity index (χ4n) is 4.08. The van der Waals surface area contributed by atoms with E-state index in [0.29, 0.717) is 28.9 Å². The fourth-order valence-corrected chi connectivity index (χ4v) is 4.08. The number of β-lactam (4-membered cyclic amide) rings is 1. The maximum atomic E-state index is 13.4. The molecule has 5 nitrogen and oxygen atoms in total. The number of carbonyl (C=O) groups is 1. The van der Waals surface area contributed by atoms with Gasteiger partial charge in [-0.25, -0.2) is 8.78 Å². The van der Waals surface area contributed by atoms with Crippen molar-refractivity contribution in [3.05, 3.63) is 89.5 Å². The van der Waals surface area contributed by atoms with E-state index in [1.165, 1.54) is 59.5 Å². The summed E-state index contributed by atoms with van der Waals surface area (Å²) in [6.45, 7) is 0. The van der Waals surface area contributed by atoms with Crippen molar-refractivity contribution >= 4 is 17.3 Å². The van der Waals surface area contributed by atoms with E-state index in [9.17, 15) is 23.8 Å². The second kappa shape index (κ2) is 8.35. The number of nitrogens with zero attached hydrogens (tertiary/aromatic N) is 1. The van der Waals surface area contributed by atoms with Crippen LogP contribution in [0.5, 0.6) is 5.75 Å². The van der Waals surface area contributed by atoms with E-state index in [-0.39, 0.29) is 23.9 Å². The number of halogens is 2. The zero-order valence-electron chi connectivity index (χ0n) is 16.6. The molecule has 0 aliphatic carbocycles. The molecule has 7 heteroatoms. The van der Waals surface area contributed by atoms with Gasteiger partial charge in [0.05, 0.1) is 18.1 Å². The van der Waals surface area contributed by atoms with E-state index in [2.05, 4.69) is 0 Å². The molecule has 4 N–H and O–H groups in total. The van der Waals surface area contributed by atoms with E-state index in [1.54, 1.807) is 12.1 Å². The lowest BCUT2D eigenvalue weighted by Gasteiger charge is -2.48. The minimum absolute atomic E-state index is 0.0336. The van der Waals surface area contributed by atoms with E-state index in [4.69, 9.17) is 5.73 Å². The minimum Gasteiger partial charge on any atom is -0.508 e. The zero-order valence-corrected chi connectivity index (χ0v) is 16.6. The first-order chi connectivity index (χ1) is 14.8. The van der Waals surface area contributed by atoms with Gasteiger partial charge in [-0.05, 0) is 60.9 Å². The highest BCUT2D eigenvalue weighted by atomic mass is 19.1. The largest absolute Gasteiger partial charge is 0.508 e. The maximum Gasteiger partial charge on any atom is 0.233 e. The lowest BCUT2D eigenvalue weighted by Crippen LogP contribution is -2.55. The third-order valence-electron chi connectivity index (χ3n) is 5.70. The summed E-state index contributed by atoms with van der Waals surface area (Å²) in [5.74, 6) is -1.51. The van der Waals surface area contributed by atoms with Gasteiger partial charge in [0.1, 0.15) is 17.4 Å². The number of nitrogen functional groups attached to an aromatic ring is 1. The molecular weight excluding hydrogens is 402 g/mol. The van der Waals surface area contributed by atoms with Crippen LogP contribution in [0.15, 0.2) is 66.7 Å². The summed E-state index contributed by atoms with van der Waals surface area (Å²) < 4.78 is 26.5. The van der Waals surface area contributed by atoms with E-state index in [1.807, 2.05) is 0 Å². The first kappa shape index (κ1) is 20.8. The molecule has 3 atom stereocenters. The maximum absolute atomic E-state index is 13.4. The van der Waals surface area contributed by atoms with Crippen molar-refractivity contribution in [2.45, 2.75) is 25.0 Å². The molecule has 3 aromatic carbocycles. The van der Waals surface area contributed by atoms with Crippen molar-refractivity contribution in [2.75, 3.05) is 10.6 Å². The van der Waals surface area contributed by atoms with Crippen molar-refractivity contribution in [3.63, 3.8) is 0 Å². The number of nitrogens with two attached hydrogens (primary N) is 1. The molecule has 1 aliphatic rings. The molecule has 1 aliphatic heterocycles. The average molecular weight is 424 g/mol. The first-order valence-corrected chi connectivity index (χ1v) is 9.95. The molecule has 160 valence electrons. The Labute approximate surface area is 178 Å². The molecule has 0 spiro atoms. The number of aliphatic hydroxyl groups is 1. The second-order valence-corrected chi connectivity index (χ2v) is 7.70. The molecule has 3 unspecified atom stereocenters. The average Bonchev–Trinajstić information content (AvgIpc) is 2.74. The van der Waals surface area contributed by atoms with Gasteiger partial charge in [-0.15, -0.1) is 0 Å². The quantitative estimate of drug-likeness (QED) is 0.403. The summed E-state index contributed by atoms with van der Waals surface area (Å²) in [4.78, 5) is 14.5. The Hall–Kier alpha value is -3.45. The Morgan fingerprint density at radius 1 is 0.968 bits per heavy atom. The van der Waals surface area contributed by atoms with Gasteiger partial charge in [-0.3, -0.25) is 4.79 Å². The van der Waals surface area contributed by atoms with Gasteiger partial charge in [0.25, 0.3) is 0 Å². The summed E-state index contributed by atoms with van der Waals surface area (Å²) >= 11 is 0. The predicted molar refractivity (Wildman–Crippen MR) is 113 cm³/mol. The lowest BCUT2D eigenvalue weighted by atomic mass is 9.78. The summed E-state index contributed by atoms with van der Waals surface area (Å²) in [5, 5.41) is 20.9. The summed E-state index contributed by atoms with van der Waals surface area (Å²) in [7, 11) is 0. The van der Waals surface area contributed by atoms with Crippen LogP contribution in [0.4, 0.5) is 20.2 Å². The molecule has 1 amide bonds. The van der Waals surface area contributed by atoms with E-state index < -0.39 is 23.9 Å². The summed E-state index contributed by atoms with van der Waals surface area (Å²) in [6.07, 6.45) is -0.219. The minimum atomic E-state index is -0.853. The number of phenolic OH excluding ortho intramolecular Hbond substituents is 1. The number of aromatic hydroxyl groups is 1. The lowest BCUT2D eigenvalue weighted by molar-refractivity contribution is -0.131. The predicted octanol–water partition coefficient (Wildman–Crippen LogP) is 4.47. The highest BCUT2D eigenvalue weighted by Gasteiger charge is 2.49. The van der Waals surface area contributed by atoms with Gasteiger partial charge in [0.2, 0.25) is 5.91 Å². The Morgan fingerprint density at radius 2 is 1.58 bits per heavy atom. The molecule has 31 heavy (non-hydrogen) atoms. The SMILES string of the molecule is Nc1ccc(C2C(CCC(O)c3ccc(F)cc3)C(=O)N2c2ccc(F)cc2)c(O)c1. The number of hydrogen-bond acceptors (Lipinski definition) is 4. The van der Waals surface area contributed by atoms with Crippen molar-refractivity contribution < 1.29 is 23.8 Å². The number of carbonyl (C=O) groups excluding carboxylic acids is 1. The van der Waals surface area contributed by atoms with Crippen molar-refractivity contribution in [2.24, 2.45) is 5.92 Å². The van der Waals surface area contributed by atoms with Crippen LogP contribution in [0.1, 0.15) is 36.1 Å². The van der Waals surface area contributed by atoms with Crippen LogP contribution in [0.3, 0.4) is 0 Å². The molecule has 0 radical (unpaired) electrons.